The number of hydrogen-bond donors (Lipinski definition) is 2. The van der Waals surface area contributed by atoms with E-state index in [9.17, 15) is 9.18 Å². The molecule has 1 aliphatic heterocycles. The van der Waals surface area contributed by atoms with E-state index in [2.05, 4.69) is 31.7 Å². The van der Waals surface area contributed by atoms with Gasteiger partial charge >= 0.3 is 6.03 Å². The third-order valence-corrected chi connectivity index (χ3v) is 2.76. The fraction of sp³-hybridized carbons (Fsp3) is 0.273. The van der Waals surface area contributed by atoms with E-state index < -0.39 is 0 Å². The minimum Gasteiger partial charge on any atom is -0.390 e. The summed E-state index contributed by atoms with van der Waals surface area (Å²) in [5, 5.41) is 8.94. The molecule has 1 aliphatic rings. The van der Waals surface area contributed by atoms with Gasteiger partial charge in [0.15, 0.2) is 6.10 Å². The van der Waals surface area contributed by atoms with Crippen LogP contribution in [0.1, 0.15) is 6.42 Å². The van der Waals surface area contributed by atoms with Crippen LogP contribution in [0.3, 0.4) is 0 Å². The molecule has 18 heavy (non-hydrogen) atoms. The summed E-state index contributed by atoms with van der Waals surface area (Å²) in [4.78, 5) is 16.5. The van der Waals surface area contributed by atoms with Gasteiger partial charge in [-0.05, 0) is 40.2 Å². The maximum Gasteiger partial charge on any atom is 0.319 e. The fourth-order valence-electron chi connectivity index (χ4n) is 1.42. The largest absolute Gasteiger partial charge is 0.390 e. The number of halogens is 2. The number of anilines is 1. The highest BCUT2D eigenvalue weighted by atomic mass is 79.9. The van der Waals surface area contributed by atoms with Crippen molar-refractivity contribution in [3.8, 4) is 0 Å². The van der Waals surface area contributed by atoms with Gasteiger partial charge in [0.2, 0.25) is 0 Å². The van der Waals surface area contributed by atoms with E-state index in [0.29, 0.717) is 18.7 Å². The van der Waals surface area contributed by atoms with Crippen molar-refractivity contribution in [2.24, 2.45) is 5.16 Å². The van der Waals surface area contributed by atoms with Gasteiger partial charge in [-0.2, -0.15) is 0 Å². The van der Waals surface area contributed by atoms with E-state index in [1.54, 1.807) is 0 Å². The summed E-state index contributed by atoms with van der Waals surface area (Å²) in [6.07, 6.45) is 0.481. The number of carbonyl (C=O) groups is 1. The lowest BCUT2D eigenvalue weighted by Crippen LogP contribution is -2.35. The molecular weight excluding hydrogens is 305 g/mol. The Morgan fingerprint density at radius 3 is 2.83 bits per heavy atom. The number of oxime groups is 1. The van der Waals surface area contributed by atoms with Gasteiger partial charge in [0, 0.05) is 12.1 Å². The number of amides is 2. The van der Waals surface area contributed by atoms with Gasteiger partial charge in [0.05, 0.1) is 6.54 Å². The van der Waals surface area contributed by atoms with Gasteiger partial charge in [0.1, 0.15) is 10.4 Å². The van der Waals surface area contributed by atoms with Gasteiger partial charge in [-0.1, -0.05) is 5.16 Å². The van der Waals surface area contributed by atoms with Crippen LogP contribution < -0.4 is 10.6 Å². The minimum absolute atomic E-state index is 0.154. The van der Waals surface area contributed by atoms with Gasteiger partial charge in [0.25, 0.3) is 0 Å². The van der Waals surface area contributed by atoms with E-state index in [1.165, 1.54) is 24.3 Å². The smallest absolute Gasteiger partial charge is 0.319 e. The first kappa shape index (κ1) is 12.8. The molecule has 1 unspecified atom stereocenters. The zero-order valence-corrected chi connectivity index (χ0v) is 10.9. The van der Waals surface area contributed by atoms with Crippen molar-refractivity contribution in [1.82, 2.24) is 5.32 Å². The number of urea groups is 1. The van der Waals surface area contributed by atoms with Crippen LogP contribution in [0.4, 0.5) is 14.9 Å². The number of benzene rings is 1. The van der Waals surface area contributed by atoms with Crippen LogP contribution >= 0.6 is 15.9 Å². The van der Waals surface area contributed by atoms with E-state index in [1.807, 2.05) is 0 Å². The molecule has 1 atom stereocenters. The highest BCUT2D eigenvalue weighted by Crippen LogP contribution is 2.13. The molecule has 2 rings (SSSR count). The van der Waals surface area contributed by atoms with Crippen LogP contribution in [0.5, 0.6) is 0 Å². The van der Waals surface area contributed by atoms with Gasteiger partial charge < -0.3 is 15.5 Å². The SMILES string of the molecule is O=C(NCC1CC(Br)=NO1)Nc1ccc(F)cc1. The van der Waals surface area contributed by atoms with Crippen molar-refractivity contribution in [1.29, 1.82) is 0 Å². The van der Waals surface area contributed by atoms with E-state index in [4.69, 9.17) is 4.84 Å². The summed E-state index contributed by atoms with van der Waals surface area (Å²) < 4.78 is 13.4. The Hall–Kier alpha value is -1.63. The molecular formula is C11H11BrFN3O2. The highest BCUT2D eigenvalue weighted by molar-refractivity contribution is 9.18. The minimum atomic E-state index is -0.367. The number of carbonyl (C=O) groups excluding carboxylic acids is 1. The van der Waals surface area contributed by atoms with Gasteiger partial charge in [-0.15, -0.1) is 0 Å². The van der Waals surface area contributed by atoms with Crippen molar-refractivity contribution < 1.29 is 14.0 Å². The normalized spacial score (nSPS) is 17.9. The van der Waals surface area contributed by atoms with E-state index >= 15 is 0 Å². The first-order valence-electron chi connectivity index (χ1n) is 5.32. The third-order valence-electron chi connectivity index (χ3n) is 2.29. The molecule has 5 nitrogen and oxygen atoms in total. The molecule has 0 radical (unpaired) electrons. The summed E-state index contributed by atoms with van der Waals surface area (Å²) in [7, 11) is 0. The molecule has 1 heterocycles. The van der Waals surface area contributed by atoms with Gasteiger partial charge in [-0.25, -0.2) is 9.18 Å². The summed E-state index contributed by atoms with van der Waals surface area (Å²) in [5.41, 5.74) is 0.527. The molecule has 0 fully saturated rings. The molecule has 2 N–H and O–H groups in total. The lowest BCUT2D eigenvalue weighted by molar-refractivity contribution is 0.0870. The zero-order valence-electron chi connectivity index (χ0n) is 9.32. The Kier molecular flexibility index (Phi) is 4.14. The van der Waals surface area contributed by atoms with E-state index in [0.717, 1.165) is 4.62 Å². The Bertz CT molecular complexity index is 464. The second-order valence-corrected chi connectivity index (χ2v) is 4.66. The molecule has 1 aromatic carbocycles. The van der Waals surface area contributed by atoms with Crippen LogP contribution in [0.2, 0.25) is 0 Å². The maximum atomic E-state index is 12.7. The van der Waals surface area contributed by atoms with Crippen LogP contribution in [0.15, 0.2) is 29.4 Å². The monoisotopic (exact) mass is 315 g/mol. The molecule has 0 bridgehead atoms. The summed E-state index contributed by atoms with van der Waals surface area (Å²) in [6.45, 7) is 0.353. The number of nitrogens with one attached hydrogen (secondary N) is 2. The molecule has 0 aliphatic carbocycles. The molecule has 0 saturated carbocycles. The average Bonchev–Trinajstić information content (AvgIpc) is 2.76. The lowest BCUT2D eigenvalue weighted by Gasteiger charge is -2.10. The first-order chi connectivity index (χ1) is 8.63. The lowest BCUT2D eigenvalue weighted by atomic mass is 10.3. The quantitative estimate of drug-likeness (QED) is 0.900. The fourth-order valence-corrected chi connectivity index (χ4v) is 1.86. The summed E-state index contributed by atoms with van der Waals surface area (Å²) >= 11 is 3.21. The van der Waals surface area contributed by atoms with Gasteiger partial charge in [-0.3, -0.25) is 0 Å². The molecule has 0 saturated heterocycles. The first-order valence-corrected chi connectivity index (χ1v) is 6.11. The van der Waals surface area contributed by atoms with Crippen LogP contribution in [-0.2, 0) is 4.84 Å². The second-order valence-electron chi connectivity index (χ2n) is 3.74. The molecule has 0 spiro atoms. The third kappa shape index (κ3) is 3.69. The van der Waals surface area contributed by atoms with Crippen molar-refractivity contribution in [2.75, 3.05) is 11.9 Å². The van der Waals surface area contributed by atoms with Crippen molar-refractivity contribution in [2.45, 2.75) is 12.5 Å². The van der Waals surface area contributed by atoms with Crippen LogP contribution in [0.25, 0.3) is 0 Å². The molecule has 1 aromatic rings. The number of nitrogens with zero attached hydrogens (tertiary/aromatic N) is 1. The second kappa shape index (κ2) is 5.81. The Morgan fingerprint density at radius 1 is 1.50 bits per heavy atom. The number of rotatable bonds is 3. The predicted octanol–water partition coefficient (Wildman–Crippen LogP) is 2.44. The Balaban J connectivity index is 1.74. The topological polar surface area (TPSA) is 62.7 Å². The standard InChI is InChI=1S/C11H11BrFN3O2/c12-10-5-9(18-16-10)6-14-11(17)15-8-3-1-7(13)2-4-8/h1-4,9H,5-6H2,(H2,14,15,17). The van der Waals surface area contributed by atoms with E-state index in [-0.39, 0.29) is 18.0 Å². The Labute approximate surface area is 112 Å². The zero-order chi connectivity index (χ0) is 13.0. The summed E-state index contributed by atoms with van der Waals surface area (Å²) in [5.74, 6) is -0.345. The van der Waals surface area contributed by atoms with Crippen molar-refractivity contribution in [3.63, 3.8) is 0 Å². The molecule has 7 heteroatoms. The molecule has 2 amide bonds. The molecule has 0 aromatic heterocycles. The van der Waals surface area contributed by atoms with Crippen LogP contribution in [-0.4, -0.2) is 23.3 Å². The van der Waals surface area contributed by atoms with Crippen molar-refractivity contribution >= 4 is 32.3 Å². The highest BCUT2D eigenvalue weighted by Gasteiger charge is 2.19. The van der Waals surface area contributed by atoms with Crippen molar-refractivity contribution in [3.05, 3.63) is 30.1 Å². The predicted molar refractivity (Wildman–Crippen MR) is 69.3 cm³/mol. The average molecular weight is 316 g/mol. The molecule has 96 valence electrons. The Morgan fingerprint density at radius 2 is 2.22 bits per heavy atom. The number of hydrogen-bond acceptors (Lipinski definition) is 3. The summed E-state index contributed by atoms with van der Waals surface area (Å²) in [6, 6.07) is 5.16. The maximum absolute atomic E-state index is 12.7. The van der Waals surface area contributed by atoms with Crippen LogP contribution in [0, 0.1) is 5.82 Å².